The second kappa shape index (κ2) is 5.41. The molecule has 0 saturated carbocycles. The maximum absolute atomic E-state index is 13.4. The molecule has 1 aromatic heterocycles. The fraction of sp³-hybridized carbons (Fsp3) is 0.231. The van der Waals surface area contributed by atoms with Gasteiger partial charge in [0.25, 0.3) is 0 Å². The van der Waals surface area contributed by atoms with Crippen LogP contribution in [0.5, 0.6) is 5.75 Å². The lowest BCUT2D eigenvalue weighted by Gasteiger charge is -2.08. The minimum absolute atomic E-state index is 0.0856. The Bertz CT molecular complexity index is 661. The molecule has 98 valence electrons. The van der Waals surface area contributed by atoms with Crippen molar-refractivity contribution in [3.63, 3.8) is 0 Å². The van der Waals surface area contributed by atoms with Gasteiger partial charge in [0.05, 0.1) is 15.9 Å². The molecule has 4 nitrogen and oxygen atoms in total. The molecule has 0 aliphatic carbocycles. The monoisotopic (exact) mass is 323 g/mol. The zero-order chi connectivity index (χ0) is 14.0. The zero-order valence-corrected chi connectivity index (χ0v) is 12.0. The molecule has 0 amide bonds. The van der Waals surface area contributed by atoms with Crippen LogP contribution in [0.3, 0.4) is 0 Å². The zero-order valence-electron chi connectivity index (χ0n) is 10.4. The van der Waals surface area contributed by atoms with E-state index in [1.807, 2.05) is 6.92 Å². The first-order valence-corrected chi connectivity index (χ1v) is 6.33. The van der Waals surface area contributed by atoms with Gasteiger partial charge in [-0.3, -0.25) is 4.68 Å². The van der Waals surface area contributed by atoms with Gasteiger partial charge in [0, 0.05) is 7.05 Å². The highest BCUT2D eigenvalue weighted by atomic mass is 79.9. The molecule has 0 spiro atoms. The number of aryl methyl sites for hydroxylation is 2. The molecule has 0 aliphatic heterocycles. The molecule has 0 aliphatic rings. The Kier molecular flexibility index (Phi) is 3.86. The maximum Gasteiger partial charge on any atom is 0.144 e. The van der Waals surface area contributed by atoms with E-state index in [0.717, 1.165) is 15.9 Å². The summed E-state index contributed by atoms with van der Waals surface area (Å²) in [7, 11) is 1.80. The molecule has 0 saturated heterocycles. The quantitative estimate of drug-likeness (QED) is 0.872. The Morgan fingerprint density at radius 1 is 1.53 bits per heavy atom. The van der Waals surface area contributed by atoms with E-state index in [1.165, 1.54) is 12.1 Å². The number of rotatable bonds is 3. The molecule has 0 N–H and O–H groups in total. The Balaban J connectivity index is 2.25. The number of benzene rings is 1. The summed E-state index contributed by atoms with van der Waals surface area (Å²) in [5.74, 6) is -0.353. The fourth-order valence-electron chi connectivity index (χ4n) is 1.72. The summed E-state index contributed by atoms with van der Waals surface area (Å²) in [6, 6.07) is 6.11. The van der Waals surface area contributed by atoms with E-state index in [1.54, 1.807) is 23.9 Å². The summed E-state index contributed by atoms with van der Waals surface area (Å²) in [5.41, 5.74) is 1.59. The van der Waals surface area contributed by atoms with Crippen molar-refractivity contribution in [2.45, 2.75) is 13.5 Å². The Morgan fingerprint density at radius 3 is 2.84 bits per heavy atom. The van der Waals surface area contributed by atoms with Gasteiger partial charge in [-0.2, -0.15) is 10.4 Å². The Labute approximate surface area is 118 Å². The molecule has 6 heteroatoms. The first kappa shape index (κ1) is 13.6. The van der Waals surface area contributed by atoms with Crippen LogP contribution in [0, 0.1) is 24.1 Å². The largest absolute Gasteiger partial charge is 0.486 e. The third kappa shape index (κ3) is 2.61. The van der Waals surface area contributed by atoms with E-state index in [9.17, 15) is 4.39 Å². The standard InChI is InChI=1S/C13H11BrFN3O/c1-8-13(14)11(18(2)17-8)7-19-12-5-3-4-10(15)9(12)6-16/h3-5H,7H2,1-2H3. The highest BCUT2D eigenvalue weighted by Crippen LogP contribution is 2.24. The molecule has 0 unspecified atom stereocenters. The Morgan fingerprint density at radius 2 is 2.26 bits per heavy atom. The molecule has 19 heavy (non-hydrogen) atoms. The SMILES string of the molecule is Cc1nn(C)c(COc2cccc(F)c2C#N)c1Br. The lowest BCUT2D eigenvalue weighted by atomic mass is 10.2. The average Bonchev–Trinajstić information content (AvgIpc) is 2.61. The maximum atomic E-state index is 13.4. The van der Waals surface area contributed by atoms with Crippen LogP contribution < -0.4 is 4.74 Å². The van der Waals surface area contributed by atoms with Gasteiger partial charge >= 0.3 is 0 Å². The number of ether oxygens (including phenoxy) is 1. The highest BCUT2D eigenvalue weighted by molar-refractivity contribution is 9.10. The van der Waals surface area contributed by atoms with Gasteiger partial charge in [-0.25, -0.2) is 4.39 Å². The van der Waals surface area contributed by atoms with E-state index in [2.05, 4.69) is 21.0 Å². The molecular weight excluding hydrogens is 313 g/mol. The molecule has 1 heterocycles. The minimum atomic E-state index is -0.583. The summed E-state index contributed by atoms with van der Waals surface area (Å²) in [6.45, 7) is 2.08. The van der Waals surface area contributed by atoms with Crippen LogP contribution >= 0.6 is 15.9 Å². The van der Waals surface area contributed by atoms with Crippen molar-refractivity contribution in [1.29, 1.82) is 5.26 Å². The summed E-state index contributed by atoms with van der Waals surface area (Å²) < 4.78 is 21.5. The third-order valence-electron chi connectivity index (χ3n) is 2.71. The van der Waals surface area contributed by atoms with Crippen molar-refractivity contribution >= 4 is 15.9 Å². The molecule has 0 radical (unpaired) electrons. The normalized spacial score (nSPS) is 10.3. The van der Waals surface area contributed by atoms with Gasteiger partial charge < -0.3 is 4.74 Å². The number of nitrogens with zero attached hydrogens (tertiary/aromatic N) is 3. The van der Waals surface area contributed by atoms with E-state index in [4.69, 9.17) is 10.00 Å². The summed E-state index contributed by atoms with van der Waals surface area (Å²) in [4.78, 5) is 0. The van der Waals surface area contributed by atoms with Crippen LogP contribution in [0.1, 0.15) is 17.0 Å². The van der Waals surface area contributed by atoms with Crippen LogP contribution in [-0.4, -0.2) is 9.78 Å². The summed E-state index contributed by atoms with van der Waals surface area (Å²) in [6.07, 6.45) is 0. The van der Waals surface area contributed by atoms with Gasteiger partial charge in [0.15, 0.2) is 0 Å². The number of halogens is 2. The predicted octanol–water partition coefficient (Wildman–Crippen LogP) is 3.08. The van der Waals surface area contributed by atoms with Gasteiger partial charge in [0.1, 0.15) is 29.8 Å². The number of hydrogen-bond acceptors (Lipinski definition) is 3. The van der Waals surface area contributed by atoms with Gasteiger partial charge in [0.2, 0.25) is 0 Å². The van der Waals surface area contributed by atoms with Crippen molar-refractivity contribution < 1.29 is 9.13 Å². The molecule has 1 aromatic carbocycles. The molecular formula is C13H11BrFN3O. The first-order valence-electron chi connectivity index (χ1n) is 5.54. The number of aromatic nitrogens is 2. The second-order valence-electron chi connectivity index (χ2n) is 3.98. The van der Waals surface area contributed by atoms with Crippen molar-refractivity contribution in [2.75, 3.05) is 0 Å². The van der Waals surface area contributed by atoms with Gasteiger partial charge in [-0.1, -0.05) is 6.07 Å². The lowest BCUT2D eigenvalue weighted by Crippen LogP contribution is -2.05. The van der Waals surface area contributed by atoms with Crippen molar-refractivity contribution in [2.24, 2.45) is 7.05 Å². The number of nitriles is 1. The van der Waals surface area contributed by atoms with E-state index in [0.29, 0.717) is 0 Å². The summed E-state index contributed by atoms with van der Waals surface area (Å²) >= 11 is 3.42. The molecule has 2 aromatic rings. The average molecular weight is 324 g/mol. The molecule has 0 bridgehead atoms. The predicted molar refractivity (Wildman–Crippen MR) is 71.1 cm³/mol. The topological polar surface area (TPSA) is 50.8 Å². The minimum Gasteiger partial charge on any atom is -0.486 e. The number of hydrogen-bond donors (Lipinski definition) is 0. The molecule has 0 atom stereocenters. The van der Waals surface area contributed by atoms with E-state index in [-0.39, 0.29) is 17.9 Å². The molecule has 0 fully saturated rings. The van der Waals surface area contributed by atoms with Crippen LogP contribution in [0.25, 0.3) is 0 Å². The van der Waals surface area contributed by atoms with Crippen LogP contribution in [0.4, 0.5) is 4.39 Å². The van der Waals surface area contributed by atoms with Crippen LogP contribution in [0.15, 0.2) is 22.7 Å². The lowest BCUT2D eigenvalue weighted by molar-refractivity contribution is 0.291. The van der Waals surface area contributed by atoms with Crippen molar-refractivity contribution in [3.8, 4) is 11.8 Å². The van der Waals surface area contributed by atoms with Gasteiger partial charge in [-0.05, 0) is 35.0 Å². The van der Waals surface area contributed by atoms with Crippen LogP contribution in [0.2, 0.25) is 0 Å². The van der Waals surface area contributed by atoms with E-state index >= 15 is 0 Å². The van der Waals surface area contributed by atoms with Crippen molar-refractivity contribution in [1.82, 2.24) is 9.78 Å². The van der Waals surface area contributed by atoms with E-state index < -0.39 is 5.82 Å². The van der Waals surface area contributed by atoms with Gasteiger partial charge in [-0.15, -0.1) is 0 Å². The second-order valence-corrected chi connectivity index (χ2v) is 4.78. The summed E-state index contributed by atoms with van der Waals surface area (Å²) in [5, 5.41) is 13.1. The highest BCUT2D eigenvalue weighted by Gasteiger charge is 2.13. The van der Waals surface area contributed by atoms with Crippen LogP contribution in [-0.2, 0) is 13.7 Å². The van der Waals surface area contributed by atoms with Crippen molar-refractivity contribution in [3.05, 3.63) is 45.4 Å². The smallest absolute Gasteiger partial charge is 0.144 e. The molecule has 2 rings (SSSR count). The Hall–Kier alpha value is -1.87. The third-order valence-corrected chi connectivity index (χ3v) is 3.74. The first-order chi connectivity index (χ1) is 9.04. The fourth-order valence-corrected chi connectivity index (χ4v) is 2.17.